The van der Waals surface area contributed by atoms with Gasteiger partial charge >= 0.3 is 0 Å². The fourth-order valence-electron chi connectivity index (χ4n) is 12.3. The van der Waals surface area contributed by atoms with Crippen LogP contribution in [0.5, 0.6) is 0 Å². The van der Waals surface area contributed by atoms with Crippen LogP contribution < -0.4 is 5.32 Å². The van der Waals surface area contributed by atoms with Crippen LogP contribution in [0.4, 0.5) is 0 Å². The topological polar surface area (TPSA) is 307 Å². The van der Waals surface area contributed by atoms with E-state index in [1.54, 1.807) is 6.08 Å². The minimum Gasteiger partial charge on any atom is -0.394 e. The second-order valence-electron chi connectivity index (χ2n) is 27.8. The lowest BCUT2D eigenvalue weighted by Gasteiger charge is -2.48. The second kappa shape index (κ2) is 64.9. The summed E-state index contributed by atoms with van der Waals surface area (Å²) in [6, 6.07) is -1.02. The van der Waals surface area contributed by atoms with E-state index in [1.165, 1.54) is 64.2 Å². The van der Waals surface area contributed by atoms with Gasteiger partial charge < -0.3 is 89.9 Å². The zero-order valence-electron chi connectivity index (χ0n) is 64.3. The van der Waals surface area contributed by atoms with Crippen molar-refractivity contribution in [2.75, 3.05) is 26.4 Å². The van der Waals surface area contributed by atoms with Gasteiger partial charge in [-0.25, -0.2) is 0 Å². The minimum atomic E-state index is -1.99. The van der Waals surface area contributed by atoms with Gasteiger partial charge in [-0.15, -0.1) is 0 Å². The number of hydrogen-bond donors (Lipinski definition) is 12. The first-order valence-electron chi connectivity index (χ1n) is 40.4. The van der Waals surface area contributed by atoms with Crippen molar-refractivity contribution < 1.29 is 89.4 Å². The molecule has 106 heavy (non-hydrogen) atoms. The van der Waals surface area contributed by atoms with Crippen molar-refractivity contribution in [1.29, 1.82) is 0 Å². The van der Waals surface area contributed by atoms with Crippen molar-refractivity contribution in [3.05, 3.63) is 170 Å². The molecule has 0 radical (unpaired) electrons. The summed E-state index contributed by atoms with van der Waals surface area (Å²) < 4.78 is 34.4. The van der Waals surface area contributed by atoms with Gasteiger partial charge in [0.2, 0.25) is 5.91 Å². The van der Waals surface area contributed by atoms with Crippen LogP contribution in [0.1, 0.15) is 239 Å². The summed E-state index contributed by atoms with van der Waals surface area (Å²) >= 11 is 0. The Morgan fingerprint density at radius 2 is 0.660 bits per heavy atom. The number of unbranched alkanes of at least 4 members (excludes halogenated alkanes) is 19. The fourth-order valence-corrected chi connectivity index (χ4v) is 12.3. The molecule has 17 unspecified atom stereocenters. The van der Waals surface area contributed by atoms with Gasteiger partial charge in [0.25, 0.3) is 0 Å². The van der Waals surface area contributed by atoms with Crippen molar-refractivity contribution in [3.8, 4) is 0 Å². The van der Waals surface area contributed by atoms with Gasteiger partial charge in [-0.2, -0.15) is 0 Å². The van der Waals surface area contributed by atoms with E-state index in [0.29, 0.717) is 12.8 Å². The molecule has 3 fully saturated rings. The predicted octanol–water partition coefficient (Wildman–Crippen LogP) is 13.8. The molecular formula is C87H141NO18. The predicted molar refractivity (Wildman–Crippen MR) is 424 cm³/mol. The number of rotatable bonds is 61. The molecular weight excluding hydrogens is 1350 g/mol. The molecule has 0 saturated carbocycles. The Balaban J connectivity index is 1.37. The quantitative estimate of drug-likeness (QED) is 0.0199. The molecule has 3 aliphatic heterocycles. The molecule has 12 N–H and O–H groups in total. The van der Waals surface area contributed by atoms with Crippen LogP contribution in [0.3, 0.4) is 0 Å². The maximum atomic E-state index is 13.5. The number of ether oxygens (including phenoxy) is 6. The van der Waals surface area contributed by atoms with Crippen LogP contribution in [0.15, 0.2) is 170 Å². The third-order valence-electron chi connectivity index (χ3n) is 18.7. The number of nitrogens with one attached hydrogen (secondary N) is 1. The van der Waals surface area contributed by atoms with Gasteiger partial charge in [0.1, 0.15) is 73.2 Å². The van der Waals surface area contributed by atoms with E-state index >= 15 is 0 Å². The Kier molecular flexibility index (Phi) is 58.4. The number of hydrogen-bond acceptors (Lipinski definition) is 18. The molecule has 0 aromatic carbocycles. The Labute approximate surface area is 637 Å². The Morgan fingerprint density at radius 3 is 1.06 bits per heavy atom. The lowest BCUT2D eigenvalue weighted by atomic mass is 9.96. The molecule has 602 valence electrons. The smallest absolute Gasteiger partial charge is 0.220 e. The Bertz CT molecular complexity index is 2580. The number of allylic oxidation sites excluding steroid dienone is 27. The largest absolute Gasteiger partial charge is 0.394 e. The summed E-state index contributed by atoms with van der Waals surface area (Å²) in [6.07, 6.45) is 70.5. The SMILES string of the molecule is CC/C=C\C/C=C\C/C=C\C/C=C\C/C=C\C/C=C\C/C=C\C/C=C\C/C=C\C/C=C\C/C=C\CCCCCCCCCC(=O)NC(COC1OC(CO)C(OC2OC(CO)C(OC3OC(CO)C(O)C(O)C3O)C(O)C2O)C(O)C1O)C(O)/C=C/CC/C=C/CC/C=C/CCCCCCCCCCCC. The van der Waals surface area contributed by atoms with E-state index < -0.39 is 124 Å². The average molecular weight is 1490 g/mol. The van der Waals surface area contributed by atoms with Gasteiger partial charge in [-0.1, -0.05) is 274 Å². The maximum absolute atomic E-state index is 13.5. The van der Waals surface area contributed by atoms with Crippen LogP contribution in [0.25, 0.3) is 0 Å². The number of aliphatic hydroxyl groups is 11. The van der Waals surface area contributed by atoms with Crippen molar-refractivity contribution in [3.63, 3.8) is 0 Å². The molecule has 19 nitrogen and oxygen atoms in total. The summed E-state index contributed by atoms with van der Waals surface area (Å²) in [6.45, 7) is 1.57. The number of aliphatic hydroxyl groups excluding tert-OH is 11. The summed E-state index contributed by atoms with van der Waals surface area (Å²) in [5.41, 5.74) is 0. The highest BCUT2D eigenvalue weighted by atomic mass is 16.8. The first-order chi connectivity index (χ1) is 51.8. The summed E-state index contributed by atoms with van der Waals surface area (Å²) in [5.74, 6) is -0.307. The first-order valence-corrected chi connectivity index (χ1v) is 40.4. The van der Waals surface area contributed by atoms with Crippen molar-refractivity contribution >= 4 is 5.91 Å². The van der Waals surface area contributed by atoms with Gasteiger partial charge in [0.05, 0.1) is 38.6 Å². The van der Waals surface area contributed by atoms with Crippen LogP contribution >= 0.6 is 0 Å². The maximum Gasteiger partial charge on any atom is 0.220 e. The standard InChI is InChI=1S/C87H141NO18/c1-3-5-7-9-11-13-15-17-19-21-23-25-26-27-28-29-30-31-32-33-34-35-36-37-38-39-40-41-42-43-44-45-47-49-51-53-55-57-59-61-63-65-75(93)88-70(71(92)64-62-60-58-56-54-52-50-48-46-24-22-20-18-16-14-12-10-8-6-4-2)69-101-85-81(99)78(96)83(73(67-90)103-85)106-87-82(100)79(97)84(74(68-91)104-87)105-86-80(98)77(95)76(94)72(66-89)102-86/h5,7,11,13,17,19,23,25,27-28,30-31,33-34,36-37,39-40,42-43,45-48,54,56,62,64,70-74,76-87,89-92,94-100H,3-4,6,8-10,12,14-16,18,20-22,24,26,29,32,35,38,41,44,49-53,55,57-61,63,65-69H2,1-2H3,(H,88,93)/b7-5-,13-11-,19-17-,25-23-,28-27-,31-30-,34-33-,37-36-,40-39-,43-42-,47-45-,48-46+,56-54+,64-62+. The zero-order valence-corrected chi connectivity index (χ0v) is 64.3. The van der Waals surface area contributed by atoms with Crippen molar-refractivity contribution in [2.24, 2.45) is 0 Å². The highest BCUT2D eigenvalue weighted by molar-refractivity contribution is 5.76. The van der Waals surface area contributed by atoms with Crippen LogP contribution in [-0.4, -0.2) is 193 Å². The molecule has 3 heterocycles. The minimum absolute atomic E-state index is 0.208. The van der Waals surface area contributed by atoms with E-state index in [2.05, 4.69) is 177 Å². The molecule has 0 bridgehead atoms. The lowest BCUT2D eigenvalue weighted by molar-refractivity contribution is -0.379. The lowest BCUT2D eigenvalue weighted by Crippen LogP contribution is -2.66. The van der Waals surface area contributed by atoms with E-state index in [9.17, 15) is 61.0 Å². The second-order valence-corrected chi connectivity index (χ2v) is 27.8. The van der Waals surface area contributed by atoms with Crippen molar-refractivity contribution in [2.45, 2.75) is 343 Å². The molecule has 3 rings (SSSR count). The van der Waals surface area contributed by atoms with E-state index in [0.717, 1.165) is 141 Å². The zero-order chi connectivity index (χ0) is 76.7. The molecule has 19 heteroatoms. The molecule has 0 spiro atoms. The molecule has 1 amide bonds. The Morgan fingerprint density at radius 1 is 0.349 bits per heavy atom. The monoisotopic (exact) mass is 1490 g/mol. The van der Waals surface area contributed by atoms with Crippen LogP contribution in [0.2, 0.25) is 0 Å². The molecule has 3 saturated heterocycles. The van der Waals surface area contributed by atoms with E-state index in [1.807, 2.05) is 6.08 Å². The molecule has 0 aliphatic carbocycles. The highest BCUT2D eigenvalue weighted by Crippen LogP contribution is 2.33. The summed E-state index contributed by atoms with van der Waals surface area (Å²) in [4.78, 5) is 13.5. The third kappa shape index (κ3) is 44.1. The number of carbonyl (C=O) groups is 1. The molecule has 17 atom stereocenters. The third-order valence-corrected chi connectivity index (χ3v) is 18.7. The van der Waals surface area contributed by atoms with E-state index in [4.69, 9.17) is 28.4 Å². The first kappa shape index (κ1) is 95.4. The Hall–Kier alpha value is -4.85. The van der Waals surface area contributed by atoms with Gasteiger partial charge in [0, 0.05) is 6.42 Å². The fraction of sp³-hybridized carbons (Fsp3) is 0.667. The van der Waals surface area contributed by atoms with Crippen LogP contribution in [-0.2, 0) is 33.2 Å². The number of amides is 1. The highest BCUT2D eigenvalue weighted by Gasteiger charge is 2.54. The van der Waals surface area contributed by atoms with Gasteiger partial charge in [-0.05, 0) is 128 Å². The molecule has 0 aromatic heterocycles. The van der Waals surface area contributed by atoms with Crippen LogP contribution in [0, 0.1) is 0 Å². The van der Waals surface area contributed by atoms with E-state index in [-0.39, 0.29) is 18.9 Å². The normalized spacial score (nSPS) is 26.6. The molecule has 0 aromatic rings. The van der Waals surface area contributed by atoms with Crippen molar-refractivity contribution in [1.82, 2.24) is 5.32 Å². The summed E-state index contributed by atoms with van der Waals surface area (Å²) in [7, 11) is 0. The number of carbonyl (C=O) groups excluding carboxylic acids is 1. The molecule has 3 aliphatic rings. The average Bonchev–Trinajstić information content (AvgIpc) is 0.780. The summed E-state index contributed by atoms with van der Waals surface area (Å²) in [5, 5.41) is 121. The van der Waals surface area contributed by atoms with Gasteiger partial charge in [-0.3, -0.25) is 4.79 Å². The van der Waals surface area contributed by atoms with Gasteiger partial charge in [0.15, 0.2) is 18.9 Å².